The number of hydrogen-bond acceptors (Lipinski definition) is 4. The Morgan fingerprint density at radius 2 is 2.06 bits per heavy atom. The van der Waals surface area contributed by atoms with Crippen molar-refractivity contribution in [2.45, 2.75) is 25.4 Å². The summed E-state index contributed by atoms with van der Waals surface area (Å²) in [5, 5.41) is 10.2. The fourth-order valence-electron chi connectivity index (χ4n) is 2.10. The van der Waals surface area contributed by atoms with Gasteiger partial charge in [0.1, 0.15) is 12.4 Å². The molecule has 4 heteroatoms. The minimum absolute atomic E-state index is 0.572. The van der Waals surface area contributed by atoms with Crippen LogP contribution in [0.15, 0.2) is 24.8 Å². The Morgan fingerprint density at radius 1 is 1.25 bits per heavy atom. The summed E-state index contributed by atoms with van der Waals surface area (Å²) >= 11 is 1.72. The Hall–Kier alpha value is -1.26. The van der Waals surface area contributed by atoms with Gasteiger partial charge in [-0.1, -0.05) is 0 Å². The van der Waals surface area contributed by atoms with Gasteiger partial charge >= 0.3 is 0 Å². The van der Waals surface area contributed by atoms with Crippen molar-refractivity contribution in [2.75, 3.05) is 0 Å². The van der Waals surface area contributed by atoms with Crippen LogP contribution in [0.1, 0.15) is 33.4 Å². The van der Waals surface area contributed by atoms with Crippen LogP contribution in [-0.2, 0) is 12.8 Å². The highest BCUT2D eigenvalue weighted by Crippen LogP contribution is 2.35. The predicted molar refractivity (Wildman–Crippen MR) is 62.4 cm³/mol. The first-order valence-corrected chi connectivity index (χ1v) is 6.20. The number of nitrogens with zero attached hydrogens (tertiary/aromatic N) is 2. The van der Waals surface area contributed by atoms with Crippen LogP contribution in [0.5, 0.6) is 0 Å². The first kappa shape index (κ1) is 9.93. The molecule has 1 unspecified atom stereocenters. The van der Waals surface area contributed by atoms with Crippen molar-refractivity contribution in [1.29, 1.82) is 0 Å². The number of fused-ring (bicyclic) bond motifs is 1. The number of thiophene rings is 1. The molecule has 0 radical (unpaired) electrons. The lowest BCUT2D eigenvalue weighted by molar-refractivity contribution is 0.223. The predicted octanol–water partition coefficient (Wildman–Crippen LogP) is 2.11. The van der Waals surface area contributed by atoms with Crippen LogP contribution in [0, 0.1) is 0 Å². The van der Waals surface area contributed by atoms with Crippen molar-refractivity contribution >= 4 is 11.3 Å². The molecule has 0 saturated carbocycles. The molecule has 2 aromatic heterocycles. The molecule has 2 aromatic rings. The van der Waals surface area contributed by atoms with Crippen LogP contribution in [0.4, 0.5) is 0 Å². The third-order valence-electron chi connectivity index (χ3n) is 2.93. The quantitative estimate of drug-likeness (QED) is 0.862. The number of rotatable bonds is 2. The van der Waals surface area contributed by atoms with Gasteiger partial charge in [-0.25, -0.2) is 9.97 Å². The van der Waals surface area contributed by atoms with Crippen LogP contribution in [-0.4, -0.2) is 15.1 Å². The molecule has 0 bridgehead atoms. The number of aromatic nitrogens is 2. The van der Waals surface area contributed by atoms with Crippen molar-refractivity contribution in [3.63, 3.8) is 0 Å². The van der Waals surface area contributed by atoms with Crippen molar-refractivity contribution < 1.29 is 5.11 Å². The third kappa shape index (κ3) is 1.64. The van der Waals surface area contributed by atoms with E-state index in [0.717, 1.165) is 23.3 Å². The zero-order valence-corrected chi connectivity index (χ0v) is 9.57. The highest BCUT2D eigenvalue weighted by molar-refractivity contribution is 7.12. The molecule has 0 fully saturated rings. The highest BCUT2D eigenvalue weighted by atomic mass is 32.1. The number of aliphatic hydroxyl groups is 1. The number of aliphatic hydroxyl groups excluding tert-OH is 1. The van der Waals surface area contributed by atoms with Gasteiger partial charge in [0.2, 0.25) is 0 Å². The standard InChI is InChI=1S/C12H12N2OS/c15-12(9-5-13-7-14-6-9)11-4-8-2-1-3-10(8)16-11/h4-7,12,15H,1-3H2. The van der Waals surface area contributed by atoms with Gasteiger partial charge in [-0.2, -0.15) is 0 Å². The Kier molecular flexibility index (Phi) is 2.46. The van der Waals surface area contributed by atoms with Crippen LogP contribution in [0.3, 0.4) is 0 Å². The highest BCUT2D eigenvalue weighted by Gasteiger charge is 2.19. The first-order valence-electron chi connectivity index (χ1n) is 5.39. The Labute approximate surface area is 97.8 Å². The molecule has 2 heterocycles. The zero-order valence-electron chi connectivity index (χ0n) is 8.76. The molecule has 1 aliphatic carbocycles. The molecule has 16 heavy (non-hydrogen) atoms. The Morgan fingerprint density at radius 3 is 2.81 bits per heavy atom. The molecule has 0 aliphatic heterocycles. The smallest absolute Gasteiger partial charge is 0.116 e. The molecule has 82 valence electrons. The monoisotopic (exact) mass is 232 g/mol. The number of hydrogen-bond donors (Lipinski definition) is 1. The van der Waals surface area contributed by atoms with Gasteiger partial charge in [0, 0.05) is 27.7 Å². The molecule has 0 spiro atoms. The van der Waals surface area contributed by atoms with Gasteiger partial charge in [0.05, 0.1) is 0 Å². The molecule has 1 aliphatic rings. The number of aryl methyl sites for hydroxylation is 2. The van der Waals surface area contributed by atoms with Crippen LogP contribution < -0.4 is 0 Å². The molecule has 1 atom stereocenters. The minimum Gasteiger partial charge on any atom is -0.383 e. The summed E-state index contributed by atoms with van der Waals surface area (Å²) in [7, 11) is 0. The zero-order chi connectivity index (χ0) is 11.0. The van der Waals surface area contributed by atoms with Gasteiger partial charge < -0.3 is 5.11 Å². The Balaban J connectivity index is 1.92. The molecular weight excluding hydrogens is 220 g/mol. The van der Waals surface area contributed by atoms with E-state index < -0.39 is 6.10 Å². The van der Waals surface area contributed by atoms with E-state index in [1.165, 1.54) is 23.2 Å². The Bertz CT molecular complexity index is 473. The van der Waals surface area contributed by atoms with Gasteiger partial charge in [-0.05, 0) is 30.9 Å². The maximum Gasteiger partial charge on any atom is 0.116 e. The molecule has 0 saturated heterocycles. The van der Waals surface area contributed by atoms with E-state index in [1.807, 2.05) is 0 Å². The molecule has 0 aromatic carbocycles. The topological polar surface area (TPSA) is 46.0 Å². The van der Waals surface area contributed by atoms with Gasteiger partial charge in [-0.15, -0.1) is 11.3 Å². The lowest BCUT2D eigenvalue weighted by Crippen LogP contribution is -1.98. The minimum atomic E-state index is -0.572. The SMILES string of the molecule is OC(c1cncnc1)c1cc2c(s1)CCC2. The van der Waals surface area contributed by atoms with Crippen LogP contribution in [0.25, 0.3) is 0 Å². The van der Waals surface area contributed by atoms with Crippen LogP contribution in [0.2, 0.25) is 0 Å². The molecule has 1 N–H and O–H groups in total. The van der Waals surface area contributed by atoms with Crippen LogP contribution >= 0.6 is 11.3 Å². The summed E-state index contributed by atoms with van der Waals surface area (Å²) in [4.78, 5) is 10.3. The second-order valence-electron chi connectivity index (χ2n) is 4.03. The summed E-state index contributed by atoms with van der Waals surface area (Å²) < 4.78 is 0. The van der Waals surface area contributed by atoms with E-state index in [-0.39, 0.29) is 0 Å². The summed E-state index contributed by atoms with van der Waals surface area (Å²) in [5.74, 6) is 0. The van der Waals surface area contributed by atoms with Gasteiger partial charge in [-0.3, -0.25) is 0 Å². The summed E-state index contributed by atoms with van der Waals surface area (Å²) in [6.45, 7) is 0. The lowest BCUT2D eigenvalue weighted by Gasteiger charge is -2.07. The van der Waals surface area contributed by atoms with E-state index in [9.17, 15) is 5.11 Å². The van der Waals surface area contributed by atoms with E-state index >= 15 is 0 Å². The van der Waals surface area contributed by atoms with Crippen molar-refractivity contribution in [3.05, 3.63) is 45.7 Å². The molecule has 3 rings (SSSR count). The molecular formula is C12H12N2OS. The van der Waals surface area contributed by atoms with Crippen molar-refractivity contribution in [1.82, 2.24) is 9.97 Å². The second kappa shape index (κ2) is 3.96. The summed E-state index contributed by atoms with van der Waals surface area (Å²) in [5.41, 5.74) is 2.18. The van der Waals surface area contributed by atoms with E-state index in [1.54, 1.807) is 23.7 Å². The van der Waals surface area contributed by atoms with Crippen molar-refractivity contribution in [2.24, 2.45) is 0 Å². The maximum atomic E-state index is 10.2. The average Bonchev–Trinajstić information content (AvgIpc) is 2.89. The summed E-state index contributed by atoms with van der Waals surface area (Å²) in [6.07, 6.45) is 7.82. The first-order chi connectivity index (χ1) is 7.84. The fraction of sp³-hybridized carbons (Fsp3) is 0.333. The largest absolute Gasteiger partial charge is 0.383 e. The average molecular weight is 232 g/mol. The molecule has 0 amide bonds. The normalized spacial score (nSPS) is 16.1. The van der Waals surface area contributed by atoms with E-state index in [0.29, 0.717) is 0 Å². The third-order valence-corrected chi connectivity index (χ3v) is 4.22. The van der Waals surface area contributed by atoms with Crippen molar-refractivity contribution in [3.8, 4) is 0 Å². The van der Waals surface area contributed by atoms with Gasteiger partial charge in [0.15, 0.2) is 0 Å². The second-order valence-corrected chi connectivity index (χ2v) is 5.19. The van der Waals surface area contributed by atoms with Gasteiger partial charge in [0.25, 0.3) is 0 Å². The fourth-order valence-corrected chi connectivity index (χ4v) is 3.37. The van der Waals surface area contributed by atoms with E-state index in [2.05, 4.69) is 16.0 Å². The molecule has 3 nitrogen and oxygen atoms in total. The van der Waals surface area contributed by atoms with E-state index in [4.69, 9.17) is 0 Å². The lowest BCUT2D eigenvalue weighted by atomic mass is 10.1. The maximum absolute atomic E-state index is 10.2. The summed E-state index contributed by atoms with van der Waals surface area (Å²) in [6, 6.07) is 2.13.